The van der Waals surface area contributed by atoms with Gasteiger partial charge in [-0.1, -0.05) is 147 Å². The van der Waals surface area contributed by atoms with Crippen molar-refractivity contribution in [2.75, 3.05) is 11.5 Å². The minimum Gasteiger partial charge on any atom is -0.481 e. The van der Waals surface area contributed by atoms with Crippen LogP contribution in [-0.2, 0) is 20.4 Å². The Morgan fingerprint density at radius 3 is 1.46 bits per heavy atom. The van der Waals surface area contributed by atoms with Gasteiger partial charge in [0.15, 0.2) is 0 Å². The van der Waals surface area contributed by atoms with E-state index in [4.69, 9.17) is 5.11 Å². The highest BCUT2D eigenvalue weighted by Gasteiger charge is 2.42. The highest BCUT2D eigenvalue weighted by atomic mass is 32.2. The average Bonchev–Trinajstić information content (AvgIpc) is 3.18. The molecule has 1 N–H and O–H groups in total. The lowest BCUT2D eigenvalue weighted by Gasteiger charge is -2.43. The summed E-state index contributed by atoms with van der Waals surface area (Å²) in [5, 5.41) is 8.70. The van der Waals surface area contributed by atoms with Crippen LogP contribution in [0.5, 0.6) is 0 Å². The van der Waals surface area contributed by atoms with Gasteiger partial charge in [-0.05, 0) is 106 Å². The van der Waals surface area contributed by atoms with Crippen molar-refractivity contribution in [1.29, 1.82) is 0 Å². The molecule has 0 saturated carbocycles. The van der Waals surface area contributed by atoms with Gasteiger partial charge < -0.3 is 9.90 Å². The molecular weight excluding hydrogens is 725 g/mol. The quantitative estimate of drug-likeness (QED) is 0.0696. The van der Waals surface area contributed by atoms with Gasteiger partial charge in [0.1, 0.15) is 6.29 Å². The number of carboxylic acid groups (broad SMARTS) is 1. The number of allylic oxidation sites excluding steroid dienone is 1. The normalized spacial score (nSPS) is 21.5. The van der Waals surface area contributed by atoms with E-state index in [9.17, 15) is 9.59 Å². The van der Waals surface area contributed by atoms with Crippen molar-refractivity contribution in [3.63, 3.8) is 0 Å². The Balaban J connectivity index is 0.000000216. The first-order valence-corrected chi connectivity index (χ1v) is 22.8. The molecule has 2 heterocycles. The number of rotatable bonds is 16. The predicted molar refractivity (Wildman–Crippen MR) is 240 cm³/mol. The largest absolute Gasteiger partial charge is 0.481 e. The third-order valence-electron chi connectivity index (χ3n) is 12.2. The summed E-state index contributed by atoms with van der Waals surface area (Å²) in [6, 6.07) is 32.3. The van der Waals surface area contributed by atoms with Crippen molar-refractivity contribution in [3.05, 3.63) is 142 Å². The summed E-state index contributed by atoms with van der Waals surface area (Å²) in [5.74, 6) is 2.56. The topological polar surface area (TPSA) is 54.4 Å². The van der Waals surface area contributed by atoms with E-state index >= 15 is 0 Å². The van der Waals surface area contributed by atoms with Crippen LogP contribution in [0.3, 0.4) is 0 Å². The van der Waals surface area contributed by atoms with E-state index in [2.05, 4.69) is 126 Å². The molecule has 298 valence electrons. The van der Waals surface area contributed by atoms with Crippen LogP contribution in [0.15, 0.2) is 107 Å². The Morgan fingerprint density at radius 1 is 0.607 bits per heavy atom. The second-order valence-electron chi connectivity index (χ2n) is 16.8. The number of carbonyl (C=O) groups is 2. The molecule has 0 bridgehead atoms. The second-order valence-corrected chi connectivity index (χ2v) is 18.9. The standard InChI is InChI=1S/C27H34O2S.C24H30OS/c1-20-12-15-22(16-13-20)27(3)19-30-25-18-21(2)14-17-23(25)24(27)10-8-6-4-5-7-9-11-26(28)29;1-18-9-12-20(13-10-18)24(3)17-26-23-16-19(2)11-14-21(23)22(24)8-6-4-5-7-15-25/h7,9,12-18,24H,4-6,8,10-11,19H2,1-3H3,(H,28,29);9-16,22H,4-8,17H2,1-3H3. The van der Waals surface area contributed by atoms with Gasteiger partial charge in [0.2, 0.25) is 0 Å². The summed E-state index contributed by atoms with van der Waals surface area (Å²) in [4.78, 5) is 24.1. The molecule has 56 heavy (non-hydrogen) atoms. The number of aliphatic carboxylic acids is 1. The van der Waals surface area contributed by atoms with Gasteiger partial charge >= 0.3 is 5.97 Å². The third-order valence-corrected chi connectivity index (χ3v) is 15.1. The highest BCUT2D eigenvalue weighted by Crippen LogP contribution is 2.53. The number of carbonyl (C=O) groups excluding carboxylic acids is 1. The first-order valence-electron chi connectivity index (χ1n) is 20.9. The molecule has 0 aromatic heterocycles. The Morgan fingerprint density at radius 2 is 1.04 bits per heavy atom. The van der Waals surface area contributed by atoms with Crippen molar-refractivity contribution in [3.8, 4) is 0 Å². The maximum atomic E-state index is 10.6. The van der Waals surface area contributed by atoms with Crippen molar-refractivity contribution < 1.29 is 14.7 Å². The molecule has 3 nitrogen and oxygen atoms in total. The van der Waals surface area contributed by atoms with Crippen LogP contribution in [-0.4, -0.2) is 28.9 Å². The first kappa shape index (κ1) is 43.6. The van der Waals surface area contributed by atoms with Gasteiger partial charge in [-0.15, -0.1) is 23.5 Å². The lowest BCUT2D eigenvalue weighted by Crippen LogP contribution is -2.36. The first-order chi connectivity index (χ1) is 26.9. The minimum absolute atomic E-state index is 0.130. The summed E-state index contributed by atoms with van der Waals surface area (Å²) in [6.07, 6.45) is 15.9. The van der Waals surface area contributed by atoms with Crippen molar-refractivity contribution in [1.82, 2.24) is 0 Å². The van der Waals surface area contributed by atoms with Gasteiger partial charge in [0, 0.05) is 38.5 Å². The van der Waals surface area contributed by atoms with Crippen LogP contribution >= 0.6 is 23.5 Å². The number of benzene rings is 4. The zero-order chi connectivity index (χ0) is 40.1. The molecule has 0 aliphatic carbocycles. The van der Waals surface area contributed by atoms with Crippen LogP contribution in [0.2, 0.25) is 0 Å². The number of hydrogen-bond donors (Lipinski definition) is 1. The molecular formula is C51H64O3S2. The zero-order valence-electron chi connectivity index (χ0n) is 34.7. The number of thioether (sulfide) groups is 2. The maximum Gasteiger partial charge on any atom is 0.307 e. The molecule has 5 heteroatoms. The number of unbranched alkanes of at least 4 members (excludes halogenated alkanes) is 6. The molecule has 4 aromatic carbocycles. The third kappa shape index (κ3) is 11.3. The molecule has 2 aliphatic heterocycles. The number of aldehydes is 1. The molecule has 0 radical (unpaired) electrons. The van der Waals surface area contributed by atoms with E-state index in [-0.39, 0.29) is 17.3 Å². The second kappa shape index (κ2) is 20.8. The minimum atomic E-state index is -0.759. The van der Waals surface area contributed by atoms with E-state index in [1.807, 2.05) is 29.6 Å². The lowest BCUT2D eigenvalue weighted by molar-refractivity contribution is -0.136. The molecule has 4 unspecified atom stereocenters. The Kier molecular flexibility index (Phi) is 16.1. The van der Waals surface area contributed by atoms with Crippen LogP contribution in [0.4, 0.5) is 0 Å². The monoisotopic (exact) mass is 788 g/mol. The molecule has 0 spiro atoms. The Hall–Kier alpha value is -3.54. The molecule has 0 fully saturated rings. The summed E-state index contributed by atoms with van der Waals surface area (Å²) >= 11 is 4.02. The zero-order valence-corrected chi connectivity index (χ0v) is 36.4. The molecule has 0 amide bonds. The number of carboxylic acids is 1. The van der Waals surface area contributed by atoms with Crippen molar-refractivity contribution in [2.45, 2.75) is 145 Å². The van der Waals surface area contributed by atoms with Crippen LogP contribution in [0.1, 0.15) is 141 Å². The van der Waals surface area contributed by atoms with Gasteiger partial charge in [-0.3, -0.25) is 4.79 Å². The van der Waals surface area contributed by atoms with E-state index < -0.39 is 5.97 Å². The maximum absolute atomic E-state index is 10.6. The Bertz CT molecular complexity index is 1910. The molecule has 4 aromatic rings. The fourth-order valence-electron chi connectivity index (χ4n) is 8.68. The van der Waals surface area contributed by atoms with E-state index in [0.29, 0.717) is 18.3 Å². The SMILES string of the molecule is Cc1ccc(C2(C)CSc3cc(C)ccc3C2CCCCCC=CCC(=O)O)cc1.Cc1ccc(C2(C)CSc3cc(C)ccc3C2CCCCCC=O)cc1. The predicted octanol–water partition coefficient (Wildman–Crippen LogP) is 14.0. The molecule has 6 rings (SSSR count). The molecule has 2 aliphatic rings. The van der Waals surface area contributed by atoms with Gasteiger partial charge in [0.25, 0.3) is 0 Å². The number of hydrogen-bond acceptors (Lipinski definition) is 4. The fraction of sp³-hybridized carbons (Fsp3) is 0.451. The number of fused-ring (bicyclic) bond motifs is 2. The van der Waals surface area contributed by atoms with Crippen molar-refractivity contribution >= 4 is 35.8 Å². The van der Waals surface area contributed by atoms with Gasteiger partial charge in [0.05, 0.1) is 6.42 Å². The van der Waals surface area contributed by atoms with Gasteiger partial charge in [-0.2, -0.15) is 0 Å². The highest BCUT2D eigenvalue weighted by molar-refractivity contribution is 7.99. The summed E-state index contributed by atoms with van der Waals surface area (Å²) in [7, 11) is 0. The lowest BCUT2D eigenvalue weighted by atomic mass is 9.67. The van der Waals surface area contributed by atoms with E-state index in [1.165, 1.54) is 86.4 Å². The summed E-state index contributed by atoms with van der Waals surface area (Å²) in [6.45, 7) is 13.6. The van der Waals surface area contributed by atoms with Gasteiger partial charge in [-0.25, -0.2) is 0 Å². The Labute approximate surface area is 346 Å². The van der Waals surface area contributed by atoms with Crippen LogP contribution in [0, 0.1) is 27.7 Å². The van der Waals surface area contributed by atoms with Crippen LogP contribution in [0.25, 0.3) is 0 Å². The average molecular weight is 789 g/mol. The summed E-state index contributed by atoms with van der Waals surface area (Å²) < 4.78 is 0. The summed E-state index contributed by atoms with van der Waals surface area (Å²) in [5.41, 5.74) is 11.6. The number of aryl methyl sites for hydroxylation is 4. The molecule has 0 saturated heterocycles. The van der Waals surface area contributed by atoms with Crippen molar-refractivity contribution in [2.24, 2.45) is 0 Å². The van der Waals surface area contributed by atoms with E-state index in [1.54, 1.807) is 6.08 Å². The smallest absolute Gasteiger partial charge is 0.307 e. The van der Waals surface area contributed by atoms with Crippen LogP contribution < -0.4 is 0 Å². The fourth-order valence-corrected chi connectivity index (χ4v) is 11.6. The van der Waals surface area contributed by atoms with E-state index in [0.717, 1.165) is 43.5 Å². The molecule has 4 atom stereocenters.